The van der Waals surface area contributed by atoms with E-state index in [1.165, 1.54) is 6.08 Å². The normalized spacial score (nSPS) is 9.33. The van der Waals surface area contributed by atoms with Crippen molar-refractivity contribution in [1.82, 2.24) is 0 Å². The van der Waals surface area contributed by atoms with Crippen molar-refractivity contribution in [2.45, 2.75) is 26.9 Å². The zero-order valence-corrected chi connectivity index (χ0v) is 9.27. The Morgan fingerprint density at radius 1 is 1.47 bits per heavy atom. The Morgan fingerprint density at radius 2 is 2.00 bits per heavy atom. The molecule has 0 saturated carbocycles. The first-order chi connectivity index (χ1) is 7.13. The molecule has 0 saturated heterocycles. The second-order valence-electron chi connectivity index (χ2n) is 3.50. The number of carbonyl (C=O) groups is 1. The zero-order chi connectivity index (χ0) is 11.7. The number of furan rings is 1. The summed E-state index contributed by atoms with van der Waals surface area (Å²) < 4.78 is 5.29. The molecule has 1 rings (SSSR count). The topological polar surface area (TPSA) is 50.4 Å². The third-order valence-electron chi connectivity index (χ3n) is 1.58. The van der Waals surface area contributed by atoms with E-state index in [0.29, 0.717) is 18.0 Å². The van der Waals surface area contributed by atoms with Crippen LogP contribution in [0.1, 0.15) is 25.4 Å². The molecule has 3 nitrogen and oxygen atoms in total. The zero-order valence-electron chi connectivity index (χ0n) is 9.27. The van der Waals surface area contributed by atoms with Crippen molar-refractivity contribution in [1.29, 1.82) is 0 Å². The first-order valence-electron chi connectivity index (χ1n) is 4.88. The molecule has 0 radical (unpaired) electrons. The highest BCUT2D eigenvalue weighted by Crippen LogP contribution is 2.11. The molecular formula is C12H18O3. The molecule has 0 aliphatic rings. The maximum absolute atomic E-state index is 9.06. The van der Waals surface area contributed by atoms with Gasteiger partial charge in [0.25, 0.3) is 0 Å². The second-order valence-corrected chi connectivity index (χ2v) is 3.50. The van der Waals surface area contributed by atoms with Gasteiger partial charge in [0.05, 0.1) is 0 Å². The third-order valence-corrected chi connectivity index (χ3v) is 1.58. The molecule has 0 fully saturated rings. The van der Waals surface area contributed by atoms with Gasteiger partial charge in [-0.3, -0.25) is 4.79 Å². The molecule has 15 heavy (non-hydrogen) atoms. The minimum Gasteiger partial charge on any atom is -0.464 e. The van der Waals surface area contributed by atoms with Crippen molar-refractivity contribution in [3.63, 3.8) is 0 Å². The maximum atomic E-state index is 9.06. The average molecular weight is 210 g/mol. The molecule has 0 aliphatic heterocycles. The van der Waals surface area contributed by atoms with E-state index in [9.17, 15) is 0 Å². The van der Waals surface area contributed by atoms with E-state index in [2.05, 4.69) is 20.4 Å². The summed E-state index contributed by atoms with van der Waals surface area (Å²) in [5.74, 6) is 2.22. The number of hydrogen-bond acceptors (Lipinski definition) is 3. The Hall–Kier alpha value is -1.35. The van der Waals surface area contributed by atoms with Crippen LogP contribution in [0.3, 0.4) is 0 Å². The van der Waals surface area contributed by atoms with Gasteiger partial charge in [-0.05, 0) is 24.1 Å². The highest BCUT2D eigenvalue weighted by Gasteiger charge is 2.02. The molecule has 0 amide bonds. The number of allylic oxidation sites excluding steroid dienone is 1. The summed E-state index contributed by atoms with van der Waals surface area (Å²) in [4.78, 5) is 9.06. The molecule has 3 heteroatoms. The van der Waals surface area contributed by atoms with Gasteiger partial charge in [0.1, 0.15) is 24.4 Å². The summed E-state index contributed by atoms with van der Waals surface area (Å²) in [7, 11) is 0. The molecule has 0 aromatic carbocycles. The molecule has 1 aromatic heterocycles. The van der Waals surface area contributed by atoms with Crippen molar-refractivity contribution in [3.05, 3.63) is 36.3 Å². The molecule has 0 spiro atoms. The van der Waals surface area contributed by atoms with E-state index in [1.54, 1.807) is 0 Å². The fourth-order valence-electron chi connectivity index (χ4n) is 1.02. The minimum absolute atomic E-state index is 0.00189. The molecule has 0 aliphatic carbocycles. The van der Waals surface area contributed by atoms with Crippen molar-refractivity contribution < 1.29 is 14.3 Å². The van der Waals surface area contributed by atoms with E-state index in [4.69, 9.17) is 14.3 Å². The van der Waals surface area contributed by atoms with Gasteiger partial charge in [-0.25, -0.2) is 0 Å². The van der Waals surface area contributed by atoms with Gasteiger partial charge in [-0.2, -0.15) is 0 Å². The minimum atomic E-state index is -0.00189. The summed E-state index contributed by atoms with van der Waals surface area (Å²) >= 11 is 0. The summed E-state index contributed by atoms with van der Waals surface area (Å²) in [6.07, 6.45) is 2.78. The van der Waals surface area contributed by atoms with Gasteiger partial charge in [0.2, 0.25) is 0 Å². The van der Waals surface area contributed by atoms with Gasteiger partial charge in [0, 0.05) is 6.42 Å². The van der Waals surface area contributed by atoms with Crippen LogP contribution in [-0.2, 0) is 17.8 Å². The lowest BCUT2D eigenvalue weighted by Crippen LogP contribution is -1.91. The Morgan fingerprint density at radius 3 is 2.33 bits per heavy atom. The van der Waals surface area contributed by atoms with Crippen LogP contribution < -0.4 is 0 Å². The lowest BCUT2D eigenvalue weighted by atomic mass is 10.1. The molecule has 0 atom stereocenters. The van der Waals surface area contributed by atoms with Crippen LogP contribution in [-0.4, -0.2) is 11.4 Å². The van der Waals surface area contributed by atoms with Crippen LogP contribution in [0, 0.1) is 5.92 Å². The molecule has 84 valence electrons. The average Bonchev–Trinajstić information content (AvgIpc) is 2.65. The molecule has 1 heterocycles. The number of aliphatic hydroxyl groups is 1. The predicted molar refractivity (Wildman–Crippen MR) is 59.4 cm³/mol. The van der Waals surface area contributed by atoms with Crippen LogP contribution in [0.2, 0.25) is 0 Å². The standard InChI is InChI=1S/C9H14O2.C3H4O/c1-7(2)5-8-3-4-9(6-10)11-8;1-2-3-4/h3-4,7,10H,5-6H2,1-2H3;2-3H,1H2. The fraction of sp³-hybridized carbons (Fsp3) is 0.417. The van der Waals surface area contributed by atoms with Gasteiger partial charge >= 0.3 is 0 Å². The lowest BCUT2D eigenvalue weighted by Gasteiger charge is -1.99. The number of hydrogen-bond donors (Lipinski definition) is 1. The van der Waals surface area contributed by atoms with Crippen molar-refractivity contribution in [3.8, 4) is 0 Å². The fourth-order valence-corrected chi connectivity index (χ4v) is 1.02. The molecular weight excluding hydrogens is 192 g/mol. The highest BCUT2D eigenvalue weighted by molar-refractivity contribution is 5.63. The Balaban J connectivity index is 0.000000423. The lowest BCUT2D eigenvalue weighted by molar-refractivity contribution is -0.104. The smallest absolute Gasteiger partial charge is 0.142 e. The SMILES string of the molecule is C=CC=O.CC(C)Cc1ccc(CO)o1. The number of rotatable bonds is 4. The van der Waals surface area contributed by atoms with Crippen molar-refractivity contribution in [2.75, 3.05) is 0 Å². The van der Waals surface area contributed by atoms with E-state index >= 15 is 0 Å². The number of aldehydes is 1. The van der Waals surface area contributed by atoms with Gasteiger partial charge in [-0.1, -0.05) is 20.4 Å². The van der Waals surface area contributed by atoms with Gasteiger partial charge < -0.3 is 9.52 Å². The van der Waals surface area contributed by atoms with Crippen molar-refractivity contribution in [2.24, 2.45) is 5.92 Å². The van der Waals surface area contributed by atoms with E-state index in [-0.39, 0.29) is 6.61 Å². The predicted octanol–water partition coefficient (Wildman–Crippen LogP) is 2.34. The number of aliphatic hydroxyl groups excluding tert-OH is 1. The third kappa shape index (κ3) is 6.69. The second kappa shape index (κ2) is 8.00. The van der Waals surface area contributed by atoms with E-state index in [1.807, 2.05) is 12.1 Å². The van der Waals surface area contributed by atoms with Crippen LogP contribution in [0.4, 0.5) is 0 Å². The molecule has 0 unspecified atom stereocenters. The summed E-state index contributed by atoms with van der Waals surface area (Å²) in [5, 5.41) is 8.69. The van der Waals surface area contributed by atoms with Gasteiger partial charge in [-0.15, -0.1) is 0 Å². The summed E-state index contributed by atoms with van der Waals surface area (Å²) in [6, 6.07) is 3.74. The van der Waals surface area contributed by atoms with E-state index < -0.39 is 0 Å². The Bertz CT molecular complexity index is 281. The summed E-state index contributed by atoms with van der Waals surface area (Å²) in [6.45, 7) is 7.39. The largest absolute Gasteiger partial charge is 0.464 e. The molecule has 1 N–H and O–H groups in total. The first-order valence-corrected chi connectivity index (χ1v) is 4.88. The van der Waals surface area contributed by atoms with Crippen LogP contribution in [0.5, 0.6) is 0 Å². The van der Waals surface area contributed by atoms with Crippen LogP contribution in [0.25, 0.3) is 0 Å². The first kappa shape index (κ1) is 13.7. The highest BCUT2D eigenvalue weighted by atomic mass is 16.4. The summed E-state index contributed by atoms with van der Waals surface area (Å²) in [5.41, 5.74) is 0. The number of carbonyl (C=O) groups excluding carboxylic acids is 1. The monoisotopic (exact) mass is 210 g/mol. The van der Waals surface area contributed by atoms with Crippen LogP contribution >= 0.6 is 0 Å². The Labute approximate surface area is 90.4 Å². The van der Waals surface area contributed by atoms with E-state index in [0.717, 1.165) is 12.2 Å². The quantitative estimate of drug-likeness (QED) is 0.613. The molecule has 0 bridgehead atoms. The Kier molecular flexibility index (Phi) is 7.28. The van der Waals surface area contributed by atoms with Gasteiger partial charge in [0.15, 0.2) is 0 Å². The molecule has 1 aromatic rings. The van der Waals surface area contributed by atoms with Crippen molar-refractivity contribution >= 4 is 6.29 Å². The maximum Gasteiger partial charge on any atom is 0.142 e. The van der Waals surface area contributed by atoms with Crippen LogP contribution in [0.15, 0.2) is 29.2 Å².